The monoisotopic (exact) mass is 405 g/mol. The molecule has 0 saturated carbocycles. The fourth-order valence-electron chi connectivity index (χ4n) is 2.91. The Balaban J connectivity index is 2.01. The Kier molecular flexibility index (Phi) is 5.58. The van der Waals surface area contributed by atoms with Gasteiger partial charge in [-0.3, -0.25) is 4.79 Å². The number of anilines is 1. The first-order valence-electron chi connectivity index (χ1n) is 8.09. The Hall–Kier alpha value is -2.70. The van der Waals surface area contributed by atoms with E-state index in [1.54, 1.807) is 49.4 Å². The highest BCUT2D eigenvalue weighted by Gasteiger charge is 2.33. The van der Waals surface area contributed by atoms with Gasteiger partial charge < -0.3 is 20.7 Å². The molecular weight excluding hydrogens is 389 g/mol. The number of para-hydroxylation sites is 2. The number of hydrogen-bond donors (Lipinski definition) is 3. The van der Waals surface area contributed by atoms with Crippen LogP contribution >= 0.6 is 23.2 Å². The minimum Gasteiger partial charge on any atom is -0.495 e. The summed E-state index contributed by atoms with van der Waals surface area (Å²) in [6.07, 6.45) is 0. The van der Waals surface area contributed by atoms with Gasteiger partial charge in [0.2, 0.25) is 0 Å². The molecule has 1 atom stereocenters. The van der Waals surface area contributed by atoms with E-state index >= 15 is 0 Å². The van der Waals surface area contributed by atoms with Gasteiger partial charge in [-0.25, -0.2) is 4.79 Å². The number of carbonyl (C=O) groups is 2. The number of urea groups is 1. The van der Waals surface area contributed by atoms with Crippen molar-refractivity contribution in [2.24, 2.45) is 0 Å². The van der Waals surface area contributed by atoms with Crippen LogP contribution in [0.5, 0.6) is 5.75 Å². The average Bonchev–Trinajstić information content (AvgIpc) is 2.63. The van der Waals surface area contributed by atoms with Crippen molar-refractivity contribution >= 4 is 40.8 Å². The number of rotatable bonds is 4. The zero-order chi connectivity index (χ0) is 19.6. The largest absolute Gasteiger partial charge is 0.495 e. The molecule has 0 spiro atoms. The Bertz CT molecular complexity index is 944. The second-order valence-electron chi connectivity index (χ2n) is 5.87. The first-order chi connectivity index (χ1) is 12.9. The van der Waals surface area contributed by atoms with Crippen LogP contribution in [-0.2, 0) is 4.79 Å². The van der Waals surface area contributed by atoms with Crippen molar-refractivity contribution in [2.75, 3.05) is 12.4 Å². The molecule has 0 bridgehead atoms. The zero-order valence-corrected chi connectivity index (χ0v) is 16.1. The number of nitrogens with one attached hydrogen (secondary N) is 3. The van der Waals surface area contributed by atoms with E-state index < -0.39 is 18.0 Å². The van der Waals surface area contributed by atoms with Crippen molar-refractivity contribution in [3.63, 3.8) is 0 Å². The van der Waals surface area contributed by atoms with Crippen LogP contribution in [0.15, 0.2) is 53.7 Å². The minimum absolute atomic E-state index is 0.279. The van der Waals surface area contributed by atoms with Crippen LogP contribution in [0.2, 0.25) is 10.0 Å². The number of allylic oxidation sites excluding steroid dienone is 1. The van der Waals surface area contributed by atoms with Crippen molar-refractivity contribution in [1.82, 2.24) is 10.6 Å². The number of hydrogen-bond acceptors (Lipinski definition) is 3. The lowest BCUT2D eigenvalue weighted by Crippen LogP contribution is -2.46. The van der Waals surface area contributed by atoms with Crippen LogP contribution in [0.4, 0.5) is 10.5 Å². The second-order valence-corrected chi connectivity index (χ2v) is 6.65. The third-order valence-electron chi connectivity index (χ3n) is 4.16. The van der Waals surface area contributed by atoms with Gasteiger partial charge in [-0.2, -0.15) is 0 Å². The normalized spacial score (nSPS) is 16.4. The van der Waals surface area contributed by atoms with Gasteiger partial charge in [-0.15, -0.1) is 0 Å². The summed E-state index contributed by atoms with van der Waals surface area (Å²) in [5.41, 5.74) is 1.79. The Morgan fingerprint density at radius 3 is 2.63 bits per heavy atom. The molecule has 1 unspecified atom stereocenters. The highest BCUT2D eigenvalue weighted by molar-refractivity contribution is 6.42. The number of carbonyl (C=O) groups excluding carboxylic acids is 2. The lowest BCUT2D eigenvalue weighted by atomic mass is 9.94. The fraction of sp³-hybridized carbons (Fsp3) is 0.158. The smallest absolute Gasteiger partial charge is 0.319 e. The minimum atomic E-state index is -0.750. The van der Waals surface area contributed by atoms with E-state index in [9.17, 15) is 9.59 Å². The van der Waals surface area contributed by atoms with Crippen LogP contribution in [0.25, 0.3) is 0 Å². The topological polar surface area (TPSA) is 79.5 Å². The second kappa shape index (κ2) is 7.90. The molecular formula is C19H17Cl2N3O3. The molecule has 0 saturated heterocycles. The van der Waals surface area contributed by atoms with Crippen molar-refractivity contribution in [1.29, 1.82) is 0 Å². The van der Waals surface area contributed by atoms with Gasteiger partial charge in [0.25, 0.3) is 5.91 Å². The van der Waals surface area contributed by atoms with Crippen LogP contribution in [0.1, 0.15) is 18.5 Å². The number of methoxy groups -OCH3 is 1. The summed E-state index contributed by atoms with van der Waals surface area (Å²) in [6.45, 7) is 1.65. The summed E-state index contributed by atoms with van der Waals surface area (Å²) in [6, 6.07) is 10.9. The van der Waals surface area contributed by atoms with Crippen LogP contribution < -0.4 is 20.7 Å². The molecule has 8 heteroatoms. The number of amides is 3. The summed E-state index contributed by atoms with van der Waals surface area (Å²) in [4.78, 5) is 25.0. The van der Waals surface area contributed by atoms with E-state index in [0.29, 0.717) is 33.3 Å². The molecule has 2 aromatic rings. The Morgan fingerprint density at radius 1 is 1.15 bits per heavy atom. The first kappa shape index (κ1) is 19.1. The van der Waals surface area contributed by atoms with Crippen molar-refractivity contribution in [2.45, 2.75) is 13.0 Å². The van der Waals surface area contributed by atoms with Gasteiger partial charge >= 0.3 is 6.03 Å². The van der Waals surface area contributed by atoms with Crippen molar-refractivity contribution < 1.29 is 14.3 Å². The molecule has 6 nitrogen and oxygen atoms in total. The SMILES string of the molecule is COc1ccccc1NC(=O)C1=C(C)NC(=O)NC1c1cccc(Cl)c1Cl. The highest BCUT2D eigenvalue weighted by atomic mass is 35.5. The van der Waals surface area contributed by atoms with Gasteiger partial charge in [0.15, 0.2) is 0 Å². The van der Waals surface area contributed by atoms with Gasteiger partial charge in [0.1, 0.15) is 5.75 Å². The summed E-state index contributed by atoms with van der Waals surface area (Å²) in [7, 11) is 1.52. The Labute approximate surface area is 166 Å². The standard InChI is InChI=1S/C19H17Cl2N3O3/c1-10-15(18(25)23-13-8-3-4-9-14(13)27-2)17(24-19(26)22-10)11-6-5-7-12(20)16(11)21/h3-9,17H,1-2H3,(H,23,25)(H2,22,24,26). The summed E-state index contributed by atoms with van der Waals surface area (Å²) >= 11 is 12.4. The van der Waals surface area contributed by atoms with Gasteiger partial charge in [-0.05, 0) is 30.7 Å². The van der Waals surface area contributed by atoms with E-state index in [-0.39, 0.29) is 5.02 Å². The molecule has 3 N–H and O–H groups in total. The maximum atomic E-state index is 13.0. The van der Waals surface area contributed by atoms with E-state index in [2.05, 4.69) is 16.0 Å². The van der Waals surface area contributed by atoms with E-state index in [1.807, 2.05) is 0 Å². The Morgan fingerprint density at radius 2 is 1.89 bits per heavy atom. The maximum Gasteiger partial charge on any atom is 0.319 e. The predicted molar refractivity (Wildman–Crippen MR) is 105 cm³/mol. The third kappa shape index (κ3) is 3.86. The molecule has 2 aromatic carbocycles. The van der Waals surface area contributed by atoms with Crippen molar-refractivity contribution in [3.8, 4) is 5.75 Å². The maximum absolute atomic E-state index is 13.0. The number of ether oxygens (including phenoxy) is 1. The molecule has 3 rings (SSSR count). The molecule has 3 amide bonds. The van der Waals surface area contributed by atoms with Crippen molar-refractivity contribution in [3.05, 3.63) is 69.3 Å². The summed E-state index contributed by atoms with van der Waals surface area (Å²) in [5.74, 6) is 0.125. The molecule has 0 aromatic heterocycles. The summed E-state index contributed by atoms with van der Waals surface area (Å²) in [5, 5.41) is 8.79. The van der Waals surface area contributed by atoms with Gasteiger partial charge in [0, 0.05) is 5.70 Å². The quantitative estimate of drug-likeness (QED) is 0.710. The van der Waals surface area contributed by atoms with E-state index in [1.165, 1.54) is 7.11 Å². The summed E-state index contributed by atoms with van der Waals surface area (Å²) < 4.78 is 5.27. The highest BCUT2D eigenvalue weighted by Crippen LogP contribution is 2.36. The molecule has 27 heavy (non-hydrogen) atoms. The van der Waals surface area contributed by atoms with Crippen LogP contribution in [-0.4, -0.2) is 19.0 Å². The molecule has 1 heterocycles. The zero-order valence-electron chi connectivity index (χ0n) is 14.6. The number of benzene rings is 2. The van der Waals surface area contributed by atoms with Gasteiger partial charge in [0.05, 0.1) is 34.5 Å². The molecule has 1 aliphatic heterocycles. The first-order valence-corrected chi connectivity index (χ1v) is 8.84. The van der Waals surface area contributed by atoms with E-state index in [0.717, 1.165) is 0 Å². The third-order valence-corrected chi connectivity index (χ3v) is 4.99. The van der Waals surface area contributed by atoms with Gasteiger partial charge in [-0.1, -0.05) is 47.5 Å². The van der Waals surface area contributed by atoms with E-state index in [4.69, 9.17) is 27.9 Å². The molecule has 140 valence electrons. The molecule has 1 aliphatic rings. The van der Waals surface area contributed by atoms with Crippen LogP contribution in [0, 0.1) is 0 Å². The fourth-order valence-corrected chi connectivity index (χ4v) is 3.33. The average molecular weight is 406 g/mol. The van der Waals surface area contributed by atoms with Crippen LogP contribution in [0.3, 0.4) is 0 Å². The predicted octanol–water partition coefficient (Wildman–Crippen LogP) is 4.27. The lowest BCUT2D eigenvalue weighted by molar-refractivity contribution is -0.113. The lowest BCUT2D eigenvalue weighted by Gasteiger charge is -2.29. The molecule has 0 aliphatic carbocycles. The molecule has 0 fully saturated rings. The number of halogens is 2. The molecule has 0 radical (unpaired) electrons.